The maximum Gasteiger partial charge on any atom is 0.389 e. The second kappa shape index (κ2) is 4.96. The van der Waals surface area contributed by atoms with E-state index in [2.05, 4.69) is 5.43 Å². The standard InChI is InChI=1S/C9H13F3N2S/c1-6-4-7(5-15-6)8(14-13)2-3-9(10,11)12/h4-5,8,14H,2-3,13H2,1H3. The number of hydrogen-bond donors (Lipinski definition) is 2. The van der Waals surface area contributed by atoms with Crippen LogP contribution in [0.3, 0.4) is 0 Å². The van der Waals surface area contributed by atoms with Crippen molar-refractivity contribution in [2.45, 2.75) is 32.0 Å². The summed E-state index contributed by atoms with van der Waals surface area (Å²) in [7, 11) is 0. The van der Waals surface area contributed by atoms with E-state index in [9.17, 15) is 13.2 Å². The van der Waals surface area contributed by atoms with Crippen LogP contribution in [0.2, 0.25) is 0 Å². The lowest BCUT2D eigenvalue weighted by Crippen LogP contribution is -2.28. The van der Waals surface area contributed by atoms with Crippen molar-refractivity contribution in [3.05, 3.63) is 21.9 Å². The van der Waals surface area contributed by atoms with Crippen LogP contribution < -0.4 is 11.3 Å². The van der Waals surface area contributed by atoms with Crippen LogP contribution in [0, 0.1) is 6.92 Å². The third kappa shape index (κ3) is 4.19. The lowest BCUT2D eigenvalue weighted by atomic mass is 10.1. The molecule has 1 aromatic rings. The van der Waals surface area contributed by atoms with E-state index in [1.165, 1.54) is 11.3 Å². The van der Waals surface area contributed by atoms with Gasteiger partial charge in [0.2, 0.25) is 0 Å². The second-order valence-electron chi connectivity index (χ2n) is 3.36. The molecule has 2 nitrogen and oxygen atoms in total. The topological polar surface area (TPSA) is 38.0 Å². The lowest BCUT2D eigenvalue weighted by Gasteiger charge is -2.15. The van der Waals surface area contributed by atoms with Gasteiger partial charge in [0, 0.05) is 17.3 Å². The molecule has 0 aromatic carbocycles. The summed E-state index contributed by atoms with van der Waals surface area (Å²) < 4.78 is 36.0. The number of rotatable bonds is 4. The van der Waals surface area contributed by atoms with E-state index in [0.29, 0.717) is 0 Å². The molecule has 0 aliphatic carbocycles. The van der Waals surface area contributed by atoms with Gasteiger partial charge in [-0.2, -0.15) is 13.2 Å². The summed E-state index contributed by atoms with van der Waals surface area (Å²) >= 11 is 1.50. The molecule has 3 N–H and O–H groups in total. The average Bonchev–Trinajstić information content (AvgIpc) is 2.51. The first-order chi connectivity index (χ1) is 6.92. The Hall–Kier alpha value is -0.590. The average molecular weight is 238 g/mol. The van der Waals surface area contributed by atoms with Crippen molar-refractivity contribution in [1.29, 1.82) is 0 Å². The highest BCUT2D eigenvalue weighted by molar-refractivity contribution is 7.10. The quantitative estimate of drug-likeness (QED) is 0.625. The van der Waals surface area contributed by atoms with Gasteiger partial charge in [-0.25, -0.2) is 0 Å². The molecule has 1 aromatic heterocycles. The van der Waals surface area contributed by atoms with Crippen LogP contribution in [0.5, 0.6) is 0 Å². The third-order valence-corrected chi connectivity index (χ3v) is 2.95. The second-order valence-corrected chi connectivity index (χ2v) is 4.48. The van der Waals surface area contributed by atoms with Gasteiger partial charge in [-0.3, -0.25) is 11.3 Å². The minimum absolute atomic E-state index is 0.0316. The first-order valence-corrected chi connectivity index (χ1v) is 5.38. The Morgan fingerprint density at radius 3 is 2.60 bits per heavy atom. The zero-order chi connectivity index (χ0) is 11.5. The molecule has 6 heteroatoms. The SMILES string of the molecule is Cc1cc(C(CCC(F)(F)F)NN)cs1. The van der Waals surface area contributed by atoms with E-state index in [0.717, 1.165) is 10.4 Å². The fourth-order valence-electron chi connectivity index (χ4n) is 1.30. The van der Waals surface area contributed by atoms with Crippen molar-refractivity contribution in [1.82, 2.24) is 5.43 Å². The molecule has 0 bridgehead atoms. The Balaban J connectivity index is 2.57. The third-order valence-electron chi connectivity index (χ3n) is 2.07. The van der Waals surface area contributed by atoms with Crippen LogP contribution in [0.15, 0.2) is 11.4 Å². The van der Waals surface area contributed by atoms with Gasteiger partial charge in [0.1, 0.15) is 0 Å². The summed E-state index contributed by atoms with van der Waals surface area (Å²) in [5.74, 6) is 5.23. The molecule has 15 heavy (non-hydrogen) atoms. The summed E-state index contributed by atoms with van der Waals surface area (Å²) in [6.07, 6.45) is -4.98. The minimum Gasteiger partial charge on any atom is -0.271 e. The Kier molecular flexibility index (Phi) is 4.12. The van der Waals surface area contributed by atoms with Crippen LogP contribution in [-0.2, 0) is 0 Å². The van der Waals surface area contributed by atoms with Gasteiger partial charge < -0.3 is 0 Å². The Morgan fingerprint density at radius 1 is 1.53 bits per heavy atom. The molecule has 1 atom stereocenters. The number of hydrogen-bond acceptors (Lipinski definition) is 3. The molecule has 0 aliphatic rings. The molecule has 0 spiro atoms. The smallest absolute Gasteiger partial charge is 0.271 e. The van der Waals surface area contributed by atoms with Gasteiger partial charge in [0.05, 0.1) is 0 Å². The van der Waals surface area contributed by atoms with Gasteiger partial charge in [-0.05, 0) is 30.4 Å². The molecular weight excluding hydrogens is 225 g/mol. The van der Waals surface area contributed by atoms with Crippen molar-refractivity contribution in [3.8, 4) is 0 Å². The number of hydrazine groups is 1. The van der Waals surface area contributed by atoms with E-state index in [1.54, 1.807) is 0 Å². The molecule has 0 radical (unpaired) electrons. The molecule has 86 valence electrons. The highest BCUT2D eigenvalue weighted by Crippen LogP contribution is 2.28. The Labute approximate surface area is 90.3 Å². The monoisotopic (exact) mass is 238 g/mol. The number of thiophene rings is 1. The number of nitrogens with two attached hydrogens (primary N) is 1. The number of aryl methyl sites for hydroxylation is 1. The zero-order valence-electron chi connectivity index (χ0n) is 8.27. The van der Waals surface area contributed by atoms with Gasteiger partial charge in [-0.15, -0.1) is 11.3 Å². The van der Waals surface area contributed by atoms with Crippen molar-refractivity contribution in [3.63, 3.8) is 0 Å². The van der Waals surface area contributed by atoms with Crippen molar-refractivity contribution < 1.29 is 13.2 Å². The molecule has 0 saturated carbocycles. The summed E-state index contributed by atoms with van der Waals surface area (Å²) in [5, 5.41) is 1.83. The van der Waals surface area contributed by atoms with Crippen LogP contribution in [-0.4, -0.2) is 6.18 Å². The van der Waals surface area contributed by atoms with Crippen molar-refractivity contribution in [2.75, 3.05) is 0 Å². The van der Waals surface area contributed by atoms with E-state index in [1.807, 2.05) is 18.4 Å². The lowest BCUT2D eigenvalue weighted by molar-refractivity contribution is -0.136. The summed E-state index contributed by atoms with van der Waals surface area (Å²) in [5.41, 5.74) is 3.23. The predicted molar refractivity (Wildman–Crippen MR) is 54.4 cm³/mol. The minimum atomic E-state index is -4.12. The molecular formula is C9H13F3N2S. The van der Waals surface area contributed by atoms with Crippen LogP contribution in [0.4, 0.5) is 13.2 Å². The molecule has 0 aliphatic heterocycles. The molecule has 1 unspecified atom stereocenters. The zero-order valence-corrected chi connectivity index (χ0v) is 9.08. The molecule has 1 heterocycles. The summed E-state index contributed by atoms with van der Waals surface area (Å²) in [6, 6.07) is 1.43. The number of halogens is 3. The maximum atomic E-state index is 12.0. The number of nitrogens with one attached hydrogen (secondary N) is 1. The fraction of sp³-hybridized carbons (Fsp3) is 0.556. The normalized spacial score (nSPS) is 14.2. The predicted octanol–water partition coefficient (Wildman–Crippen LogP) is 2.90. The van der Waals surface area contributed by atoms with E-state index in [4.69, 9.17) is 5.84 Å². The van der Waals surface area contributed by atoms with E-state index in [-0.39, 0.29) is 6.42 Å². The first kappa shape index (κ1) is 12.5. The van der Waals surface area contributed by atoms with Gasteiger partial charge in [0.15, 0.2) is 0 Å². The van der Waals surface area contributed by atoms with E-state index < -0.39 is 18.6 Å². The Morgan fingerprint density at radius 2 is 2.20 bits per heavy atom. The fourth-order valence-corrected chi connectivity index (χ4v) is 2.06. The van der Waals surface area contributed by atoms with Crippen LogP contribution in [0.1, 0.15) is 29.3 Å². The summed E-state index contributed by atoms with van der Waals surface area (Å²) in [6.45, 7) is 1.91. The first-order valence-electron chi connectivity index (χ1n) is 4.50. The van der Waals surface area contributed by atoms with E-state index >= 15 is 0 Å². The van der Waals surface area contributed by atoms with Crippen LogP contribution >= 0.6 is 11.3 Å². The largest absolute Gasteiger partial charge is 0.389 e. The molecule has 0 saturated heterocycles. The highest BCUT2D eigenvalue weighted by Gasteiger charge is 2.28. The summed E-state index contributed by atoms with van der Waals surface area (Å²) in [4.78, 5) is 1.07. The molecule has 1 rings (SSSR count). The maximum absolute atomic E-state index is 12.0. The van der Waals surface area contributed by atoms with Gasteiger partial charge in [-0.1, -0.05) is 0 Å². The van der Waals surface area contributed by atoms with Gasteiger partial charge in [0.25, 0.3) is 0 Å². The van der Waals surface area contributed by atoms with Crippen molar-refractivity contribution in [2.24, 2.45) is 5.84 Å². The highest BCUT2D eigenvalue weighted by atomic mass is 32.1. The molecule has 0 fully saturated rings. The van der Waals surface area contributed by atoms with Gasteiger partial charge >= 0.3 is 6.18 Å². The van der Waals surface area contributed by atoms with Crippen LogP contribution in [0.25, 0.3) is 0 Å². The number of alkyl halides is 3. The Bertz CT molecular complexity index is 309. The van der Waals surface area contributed by atoms with Crippen molar-refractivity contribution >= 4 is 11.3 Å². The molecule has 0 amide bonds.